The zero-order valence-corrected chi connectivity index (χ0v) is 9.46. The SMILES string of the molecule is CNC1(C(=O)OC)CCC(N(C)C)C1. The van der Waals surface area contributed by atoms with Gasteiger partial charge in [0.2, 0.25) is 0 Å². The largest absolute Gasteiger partial charge is 0.468 e. The minimum absolute atomic E-state index is 0.135. The van der Waals surface area contributed by atoms with E-state index in [1.54, 1.807) is 0 Å². The second kappa shape index (κ2) is 4.28. The molecule has 1 rings (SSSR count). The van der Waals surface area contributed by atoms with Gasteiger partial charge in [0.15, 0.2) is 0 Å². The molecule has 1 fully saturated rings. The van der Waals surface area contributed by atoms with Crippen LogP contribution in [0.1, 0.15) is 19.3 Å². The molecule has 0 aromatic heterocycles. The monoisotopic (exact) mass is 200 g/mol. The molecule has 0 spiro atoms. The summed E-state index contributed by atoms with van der Waals surface area (Å²) in [4.78, 5) is 13.8. The predicted molar refractivity (Wildman–Crippen MR) is 55.1 cm³/mol. The van der Waals surface area contributed by atoms with Crippen molar-refractivity contribution in [1.29, 1.82) is 0 Å². The molecule has 4 heteroatoms. The van der Waals surface area contributed by atoms with E-state index in [1.807, 2.05) is 21.1 Å². The molecule has 1 saturated carbocycles. The first kappa shape index (κ1) is 11.5. The van der Waals surface area contributed by atoms with Crippen molar-refractivity contribution in [1.82, 2.24) is 10.2 Å². The Morgan fingerprint density at radius 2 is 2.21 bits per heavy atom. The first-order chi connectivity index (χ1) is 6.55. The Morgan fingerprint density at radius 1 is 1.57 bits per heavy atom. The van der Waals surface area contributed by atoms with E-state index in [0.717, 1.165) is 19.3 Å². The van der Waals surface area contributed by atoms with Crippen LogP contribution in [-0.2, 0) is 9.53 Å². The molecule has 1 aliphatic carbocycles. The van der Waals surface area contributed by atoms with Gasteiger partial charge in [-0.3, -0.25) is 4.79 Å². The van der Waals surface area contributed by atoms with E-state index in [4.69, 9.17) is 4.74 Å². The average Bonchev–Trinajstić information content (AvgIpc) is 2.62. The zero-order valence-electron chi connectivity index (χ0n) is 9.46. The number of hydrogen-bond donors (Lipinski definition) is 1. The third kappa shape index (κ3) is 1.91. The molecule has 1 N–H and O–H groups in total. The van der Waals surface area contributed by atoms with Gasteiger partial charge in [0, 0.05) is 6.04 Å². The van der Waals surface area contributed by atoms with Crippen molar-refractivity contribution in [2.24, 2.45) is 0 Å². The molecular formula is C10H20N2O2. The molecular weight excluding hydrogens is 180 g/mol. The molecule has 0 amide bonds. The maximum atomic E-state index is 11.6. The van der Waals surface area contributed by atoms with Crippen LogP contribution in [0.15, 0.2) is 0 Å². The number of methoxy groups -OCH3 is 1. The molecule has 0 aliphatic heterocycles. The third-order valence-corrected chi connectivity index (χ3v) is 3.27. The van der Waals surface area contributed by atoms with Gasteiger partial charge in [-0.1, -0.05) is 0 Å². The van der Waals surface area contributed by atoms with Crippen molar-refractivity contribution >= 4 is 5.97 Å². The normalized spacial score (nSPS) is 32.2. The van der Waals surface area contributed by atoms with E-state index in [-0.39, 0.29) is 5.97 Å². The van der Waals surface area contributed by atoms with Crippen LogP contribution in [0, 0.1) is 0 Å². The number of hydrogen-bond acceptors (Lipinski definition) is 4. The summed E-state index contributed by atoms with van der Waals surface area (Å²) in [7, 11) is 7.38. The Kier molecular flexibility index (Phi) is 3.50. The van der Waals surface area contributed by atoms with Crippen molar-refractivity contribution in [2.45, 2.75) is 30.8 Å². The van der Waals surface area contributed by atoms with Crippen LogP contribution in [0.2, 0.25) is 0 Å². The van der Waals surface area contributed by atoms with E-state index in [1.165, 1.54) is 7.11 Å². The van der Waals surface area contributed by atoms with Crippen LogP contribution in [0.5, 0.6) is 0 Å². The van der Waals surface area contributed by atoms with Crippen LogP contribution in [0.4, 0.5) is 0 Å². The number of nitrogens with zero attached hydrogens (tertiary/aromatic N) is 1. The van der Waals surface area contributed by atoms with Gasteiger partial charge < -0.3 is 15.0 Å². The van der Waals surface area contributed by atoms with Crippen molar-refractivity contribution in [3.63, 3.8) is 0 Å². The maximum Gasteiger partial charge on any atom is 0.326 e. The summed E-state index contributed by atoms with van der Waals surface area (Å²) in [6, 6.07) is 0.474. The molecule has 0 saturated heterocycles. The Hall–Kier alpha value is -0.610. The first-order valence-electron chi connectivity index (χ1n) is 4.99. The highest BCUT2D eigenvalue weighted by molar-refractivity contribution is 5.81. The van der Waals surface area contributed by atoms with E-state index in [9.17, 15) is 4.79 Å². The van der Waals surface area contributed by atoms with E-state index in [2.05, 4.69) is 10.2 Å². The van der Waals surface area contributed by atoms with Crippen LogP contribution in [0.3, 0.4) is 0 Å². The van der Waals surface area contributed by atoms with Gasteiger partial charge in [-0.25, -0.2) is 0 Å². The highest BCUT2D eigenvalue weighted by Gasteiger charge is 2.45. The summed E-state index contributed by atoms with van der Waals surface area (Å²) in [5.41, 5.74) is -0.455. The molecule has 1 aliphatic rings. The topological polar surface area (TPSA) is 41.6 Å². The van der Waals surface area contributed by atoms with Crippen molar-refractivity contribution in [2.75, 3.05) is 28.3 Å². The van der Waals surface area contributed by atoms with E-state index >= 15 is 0 Å². The lowest BCUT2D eigenvalue weighted by atomic mass is 9.98. The number of rotatable bonds is 3. The Balaban J connectivity index is 2.71. The summed E-state index contributed by atoms with van der Waals surface area (Å²) in [6.07, 6.45) is 2.74. The molecule has 2 atom stereocenters. The fourth-order valence-electron chi connectivity index (χ4n) is 2.17. The Labute approximate surface area is 85.6 Å². The zero-order chi connectivity index (χ0) is 10.8. The van der Waals surface area contributed by atoms with Gasteiger partial charge in [0.05, 0.1) is 7.11 Å². The lowest BCUT2D eigenvalue weighted by molar-refractivity contribution is -0.148. The summed E-state index contributed by atoms with van der Waals surface area (Å²) >= 11 is 0. The third-order valence-electron chi connectivity index (χ3n) is 3.27. The summed E-state index contributed by atoms with van der Waals surface area (Å²) in [5.74, 6) is -0.135. The number of esters is 1. The predicted octanol–water partition coefficient (Wildman–Crippen LogP) is 0.232. The fraction of sp³-hybridized carbons (Fsp3) is 0.900. The van der Waals surface area contributed by atoms with Crippen LogP contribution >= 0.6 is 0 Å². The second-order valence-electron chi connectivity index (χ2n) is 4.18. The quantitative estimate of drug-likeness (QED) is 0.662. The van der Waals surface area contributed by atoms with Gasteiger partial charge >= 0.3 is 5.97 Å². The highest BCUT2D eigenvalue weighted by Crippen LogP contribution is 2.32. The summed E-state index contributed by atoms with van der Waals surface area (Å²) < 4.78 is 4.84. The standard InChI is InChI=1S/C10H20N2O2/c1-11-10(9(13)14-4)6-5-8(7-10)12(2)3/h8,11H,5-7H2,1-4H3. The Bertz CT molecular complexity index is 218. The molecule has 2 unspecified atom stereocenters. The van der Waals surface area contributed by atoms with Crippen LogP contribution < -0.4 is 5.32 Å². The number of carbonyl (C=O) groups excluding carboxylic acids is 1. The summed E-state index contributed by atoms with van der Waals surface area (Å²) in [5, 5.41) is 3.11. The van der Waals surface area contributed by atoms with E-state index in [0.29, 0.717) is 6.04 Å². The molecule has 0 aromatic rings. The van der Waals surface area contributed by atoms with Crippen molar-refractivity contribution in [3.8, 4) is 0 Å². The number of likely N-dealkylation sites (N-methyl/N-ethyl adjacent to an activating group) is 1. The first-order valence-corrected chi connectivity index (χ1v) is 4.99. The number of ether oxygens (including phenoxy) is 1. The lowest BCUT2D eigenvalue weighted by Crippen LogP contribution is -2.49. The highest BCUT2D eigenvalue weighted by atomic mass is 16.5. The van der Waals surface area contributed by atoms with E-state index < -0.39 is 5.54 Å². The molecule has 0 radical (unpaired) electrons. The van der Waals surface area contributed by atoms with Gasteiger partial charge in [0.1, 0.15) is 5.54 Å². The van der Waals surface area contributed by atoms with Crippen LogP contribution in [-0.4, -0.2) is 50.7 Å². The van der Waals surface area contributed by atoms with Gasteiger partial charge in [0.25, 0.3) is 0 Å². The minimum Gasteiger partial charge on any atom is -0.468 e. The van der Waals surface area contributed by atoms with Gasteiger partial charge in [-0.2, -0.15) is 0 Å². The van der Waals surface area contributed by atoms with Crippen molar-refractivity contribution in [3.05, 3.63) is 0 Å². The number of nitrogens with one attached hydrogen (secondary N) is 1. The van der Waals surface area contributed by atoms with Crippen LogP contribution in [0.25, 0.3) is 0 Å². The average molecular weight is 200 g/mol. The molecule has 0 aromatic carbocycles. The molecule has 0 heterocycles. The lowest BCUT2D eigenvalue weighted by Gasteiger charge is -2.27. The Morgan fingerprint density at radius 3 is 2.57 bits per heavy atom. The van der Waals surface area contributed by atoms with Gasteiger partial charge in [-0.05, 0) is 40.4 Å². The molecule has 14 heavy (non-hydrogen) atoms. The molecule has 0 bridgehead atoms. The number of carbonyl (C=O) groups is 1. The molecule has 4 nitrogen and oxygen atoms in total. The maximum absolute atomic E-state index is 11.6. The minimum atomic E-state index is -0.455. The van der Waals surface area contributed by atoms with Gasteiger partial charge in [-0.15, -0.1) is 0 Å². The fourth-order valence-corrected chi connectivity index (χ4v) is 2.17. The summed E-state index contributed by atoms with van der Waals surface area (Å²) in [6.45, 7) is 0. The van der Waals surface area contributed by atoms with Crippen molar-refractivity contribution < 1.29 is 9.53 Å². The second-order valence-corrected chi connectivity index (χ2v) is 4.18. The smallest absolute Gasteiger partial charge is 0.326 e. The molecule has 82 valence electrons.